The number of benzene rings is 2. The van der Waals surface area contributed by atoms with Gasteiger partial charge in [-0.15, -0.1) is 0 Å². The molecule has 1 amide bonds. The van der Waals surface area contributed by atoms with Crippen molar-refractivity contribution in [3.8, 4) is 5.75 Å². The van der Waals surface area contributed by atoms with Gasteiger partial charge < -0.3 is 10.1 Å². The second kappa shape index (κ2) is 8.48. The molecule has 0 radical (unpaired) electrons. The van der Waals surface area contributed by atoms with Crippen LogP contribution in [-0.4, -0.2) is 18.8 Å². The Morgan fingerprint density at radius 1 is 1.21 bits per heavy atom. The summed E-state index contributed by atoms with van der Waals surface area (Å²) in [7, 11) is 1.58. The summed E-state index contributed by atoms with van der Waals surface area (Å²) in [6.45, 7) is 1.87. The second-order valence-electron chi connectivity index (χ2n) is 4.99. The number of carbonyl (C=O) groups is 1. The van der Waals surface area contributed by atoms with Crippen molar-refractivity contribution in [1.29, 1.82) is 0 Å². The highest BCUT2D eigenvalue weighted by Gasteiger charge is 2.13. The van der Waals surface area contributed by atoms with E-state index < -0.39 is 5.76 Å². The Labute approximate surface area is 151 Å². The number of rotatable bonds is 6. The molecule has 3 nitrogen and oxygen atoms in total. The summed E-state index contributed by atoms with van der Waals surface area (Å²) >= 11 is 3.87. The summed E-state index contributed by atoms with van der Waals surface area (Å²) in [6.07, 6.45) is 0. The van der Waals surface area contributed by atoms with Crippen molar-refractivity contribution < 1.29 is 18.3 Å². The fraction of sp³-hybridized carbons (Fsp3) is 0.235. The standard InChI is InChI=1S/C17H16BrF2NO2S/c1-10(12-5-8-15(23-2)14(18)9-12)21-16(22)11-3-6-13(7-4-11)24-17(19)20/h3-10,17H,1-2H3,(H,21,22). The minimum atomic E-state index is -2.47. The van der Waals surface area contributed by atoms with E-state index in [1.54, 1.807) is 7.11 Å². The maximum atomic E-state index is 12.3. The number of methoxy groups -OCH3 is 1. The van der Waals surface area contributed by atoms with Gasteiger partial charge in [0.2, 0.25) is 0 Å². The molecule has 0 aliphatic heterocycles. The molecule has 0 heterocycles. The Bertz CT molecular complexity index is 710. The highest BCUT2D eigenvalue weighted by molar-refractivity contribution is 9.10. The van der Waals surface area contributed by atoms with Gasteiger partial charge >= 0.3 is 0 Å². The van der Waals surface area contributed by atoms with Crippen molar-refractivity contribution in [2.24, 2.45) is 0 Å². The van der Waals surface area contributed by atoms with E-state index in [2.05, 4.69) is 21.2 Å². The van der Waals surface area contributed by atoms with Crippen LogP contribution in [0, 0.1) is 0 Å². The van der Waals surface area contributed by atoms with Crippen molar-refractivity contribution in [2.75, 3.05) is 7.11 Å². The van der Waals surface area contributed by atoms with Crippen molar-refractivity contribution >= 4 is 33.6 Å². The predicted molar refractivity (Wildman–Crippen MR) is 94.9 cm³/mol. The van der Waals surface area contributed by atoms with Crippen molar-refractivity contribution in [2.45, 2.75) is 23.6 Å². The first-order valence-electron chi connectivity index (χ1n) is 7.10. The molecule has 2 aromatic rings. The SMILES string of the molecule is COc1ccc(C(C)NC(=O)c2ccc(SC(F)F)cc2)cc1Br. The van der Waals surface area contributed by atoms with Crippen LogP contribution < -0.4 is 10.1 Å². The number of ether oxygens (including phenoxy) is 1. The molecule has 0 fully saturated rings. The van der Waals surface area contributed by atoms with Crippen LogP contribution in [0.2, 0.25) is 0 Å². The topological polar surface area (TPSA) is 38.3 Å². The molecule has 0 saturated carbocycles. The lowest BCUT2D eigenvalue weighted by Gasteiger charge is -2.16. The van der Waals surface area contributed by atoms with Crippen LogP contribution in [0.1, 0.15) is 28.9 Å². The Balaban J connectivity index is 2.04. The van der Waals surface area contributed by atoms with Crippen LogP contribution in [0.5, 0.6) is 5.75 Å². The fourth-order valence-electron chi connectivity index (χ4n) is 2.10. The van der Waals surface area contributed by atoms with Gasteiger partial charge in [-0.2, -0.15) is 8.78 Å². The summed E-state index contributed by atoms with van der Waals surface area (Å²) < 4.78 is 30.6. The molecule has 7 heteroatoms. The number of thioether (sulfide) groups is 1. The Hall–Kier alpha value is -1.60. The van der Waals surface area contributed by atoms with E-state index in [0.717, 1.165) is 10.0 Å². The van der Waals surface area contributed by atoms with Crippen molar-refractivity contribution in [3.63, 3.8) is 0 Å². The number of hydrogen-bond donors (Lipinski definition) is 1. The summed E-state index contributed by atoms with van der Waals surface area (Å²) in [6, 6.07) is 11.5. The molecule has 128 valence electrons. The summed E-state index contributed by atoms with van der Waals surface area (Å²) in [5.74, 6) is -2.02. The van der Waals surface area contributed by atoms with Crippen molar-refractivity contribution in [3.05, 3.63) is 58.1 Å². The minimum Gasteiger partial charge on any atom is -0.496 e. The highest BCUT2D eigenvalue weighted by atomic mass is 79.9. The average molecular weight is 416 g/mol. The molecule has 1 N–H and O–H groups in total. The third-order valence-corrected chi connectivity index (χ3v) is 4.71. The van der Waals surface area contributed by atoms with Gasteiger partial charge in [0.25, 0.3) is 11.7 Å². The van der Waals surface area contributed by atoms with Gasteiger partial charge in [-0.25, -0.2) is 0 Å². The van der Waals surface area contributed by atoms with E-state index in [1.165, 1.54) is 24.3 Å². The number of carbonyl (C=O) groups excluding carboxylic acids is 1. The lowest BCUT2D eigenvalue weighted by Crippen LogP contribution is -2.26. The molecular weight excluding hydrogens is 400 g/mol. The van der Waals surface area contributed by atoms with E-state index in [-0.39, 0.29) is 11.9 Å². The summed E-state index contributed by atoms with van der Waals surface area (Å²) in [4.78, 5) is 12.7. The first kappa shape index (κ1) is 18.7. The van der Waals surface area contributed by atoms with Crippen LogP contribution in [0.3, 0.4) is 0 Å². The normalized spacial score (nSPS) is 12.1. The van der Waals surface area contributed by atoms with Crippen LogP contribution in [0.15, 0.2) is 51.8 Å². The zero-order chi connectivity index (χ0) is 17.7. The minimum absolute atomic E-state index is 0.213. The summed E-state index contributed by atoms with van der Waals surface area (Å²) in [5.41, 5.74) is 1.34. The van der Waals surface area contributed by atoms with Gasteiger partial charge in [-0.1, -0.05) is 17.8 Å². The maximum Gasteiger partial charge on any atom is 0.288 e. The average Bonchev–Trinajstić information content (AvgIpc) is 2.54. The molecule has 0 spiro atoms. The lowest BCUT2D eigenvalue weighted by atomic mass is 10.1. The van der Waals surface area contributed by atoms with Gasteiger partial charge in [0.15, 0.2) is 0 Å². The molecule has 0 aliphatic carbocycles. The van der Waals surface area contributed by atoms with E-state index >= 15 is 0 Å². The molecular formula is C17H16BrF2NO2S. The number of halogens is 3. The Morgan fingerprint density at radius 3 is 2.42 bits per heavy atom. The van der Waals surface area contributed by atoms with E-state index in [9.17, 15) is 13.6 Å². The second-order valence-corrected chi connectivity index (χ2v) is 6.91. The molecule has 2 aromatic carbocycles. The largest absolute Gasteiger partial charge is 0.496 e. The van der Waals surface area contributed by atoms with Gasteiger partial charge in [-0.3, -0.25) is 4.79 Å². The lowest BCUT2D eigenvalue weighted by molar-refractivity contribution is 0.0940. The molecule has 0 aromatic heterocycles. The number of hydrogen-bond acceptors (Lipinski definition) is 3. The van der Waals surface area contributed by atoms with Gasteiger partial charge in [0.1, 0.15) is 5.75 Å². The summed E-state index contributed by atoms with van der Waals surface area (Å²) in [5, 5.41) is 2.88. The molecule has 0 aliphatic rings. The molecule has 1 unspecified atom stereocenters. The van der Waals surface area contributed by atoms with E-state index in [4.69, 9.17) is 4.74 Å². The van der Waals surface area contributed by atoms with Gasteiger partial charge in [-0.05, 0) is 64.8 Å². The first-order chi connectivity index (χ1) is 11.4. The third kappa shape index (κ3) is 4.95. The molecule has 0 bridgehead atoms. The van der Waals surface area contributed by atoms with Gasteiger partial charge in [0, 0.05) is 10.5 Å². The van der Waals surface area contributed by atoms with Crippen LogP contribution in [0.4, 0.5) is 8.78 Å². The van der Waals surface area contributed by atoms with Crippen molar-refractivity contribution in [1.82, 2.24) is 5.32 Å². The van der Waals surface area contributed by atoms with E-state index in [0.29, 0.717) is 28.0 Å². The third-order valence-electron chi connectivity index (χ3n) is 3.37. The monoisotopic (exact) mass is 415 g/mol. The zero-order valence-electron chi connectivity index (χ0n) is 13.1. The highest BCUT2D eigenvalue weighted by Crippen LogP contribution is 2.28. The van der Waals surface area contributed by atoms with Gasteiger partial charge in [0.05, 0.1) is 17.6 Å². The van der Waals surface area contributed by atoms with E-state index in [1.807, 2.05) is 25.1 Å². The Morgan fingerprint density at radius 2 is 1.88 bits per heavy atom. The molecule has 24 heavy (non-hydrogen) atoms. The Kier molecular flexibility index (Phi) is 6.62. The maximum absolute atomic E-state index is 12.3. The van der Waals surface area contributed by atoms with Crippen LogP contribution in [0.25, 0.3) is 0 Å². The van der Waals surface area contributed by atoms with Crippen LogP contribution >= 0.6 is 27.7 Å². The fourth-order valence-corrected chi connectivity index (χ4v) is 3.16. The molecule has 0 saturated heterocycles. The predicted octanol–water partition coefficient (Wildman–Crippen LogP) is 5.26. The number of amides is 1. The smallest absolute Gasteiger partial charge is 0.288 e. The zero-order valence-corrected chi connectivity index (χ0v) is 15.5. The quantitative estimate of drug-likeness (QED) is 0.653. The first-order valence-corrected chi connectivity index (χ1v) is 8.77. The number of alkyl halides is 2. The number of nitrogens with one attached hydrogen (secondary N) is 1. The van der Waals surface area contributed by atoms with Crippen LogP contribution in [-0.2, 0) is 0 Å². The molecule has 2 rings (SSSR count). The molecule has 1 atom stereocenters.